The highest BCUT2D eigenvalue weighted by molar-refractivity contribution is 6.07. The molecule has 0 aliphatic rings. The molecule has 0 N–H and O–H groups in total. The van der Waals surface area contributed by atoms with Crippen molar-refractivity contribution >= 4 is 39.0 Å². The van der Waals surface area contributed by atoms with Crippen molar-refractivity contribution in [3.8, 4) is 44.5 Å². The van der Waals surface area contributed by atoms with Crippen LogP contribution in [0, 0.1) is 0 Å². The number of fused-ring (bicyclic) bond motifs is 3. The number of para-hydroxylation sites is 3. The molecule has 0 saturated heterocycles. The second kappa shape index (κ2) is 12.8. The fourth-order valence-corrected chi connectivity index (χ4v) is 7.23. The minimum absolute atomic E-state index is 0.862. The highest BCUT2D eigenvalue weighted by Gasteiger charge is 2.23. The molecule has 0 radical (unpaired) electrons. The lowest BCUT2D eigenvalue weighted by molar-refractivity contribution is 0.669. The van der Waals surface area contributed by atoms with Crippen molar-refractivity contribution in [1.29, 1.82) is 0 Å². The Bertz CT molecular complexity index is 2600. The Kier molecular flexibility index (Phi) is 7.53. The molecule has 9 aromatic rings. The van der Waals surface area contributed by atoms with Crippen molar-refractivity contribution in [1.82, 2.24) is 0 Å². The second-order valence-corrected chi connectivity index (χ2v) is 12.5. The minimum Gasteiger partial charge on any atom is -0.456 e. The summed E-state index contributed by atoms with van der Waals surface area (Å²) in [6, 6.07) is 71.1. The molecular weight excluding hydrogens is 607 g/mol. The van der Waals surface area contributed by atoms with Gasteiger partial charge in [-0.1, -0.05) is 164 Å². The van der Waals surface area contributed by atoms with Crippen LogP contribution in [0.3, 0.4) is 0 Å². The predicted octanol–water partition coefficient (Wildman–Crippen LogP) is 13.7. The van der Waals surface area contributed by atoms with Crippen molar-refractivity contribution in [3.63, 3.8) is 0 Å². The summed E-state index contributed by atoms with van der Waals surface area (Å²) in [7, 11) is 0. The first-order valence-corrected chi connectivity index (χ1v) is 17.0. The molecule has 8 aromatic carbocycles. The smallest absolute Gasteiger partial charge is 0.137 e. The van der Waals surface area contributed by atoms with Gasteiger partial charge >= 0.3 is 0 Å². The third-order valence-corrected chi connectivity index (χ3v) is 9.51. The Morgan fingerprint density at radius 3 is 1.42 bits per heavy atom. The number of hydrogen-bond acceptors (Lipinski definition) is 2. The van der Waals surface area contributed by atoms with Crippen molar-refractivity contribution in [2.75, 3.05) is 4.90 Å². The van der Waals surface area contributed by atoms with Gasteiger partial charge < -0.3 is 9.32 Å². The molecule has 2 heteroatoms. The van der Waals surface area contributed by atoms with Crippen LogP contribution >= 0.6 is 0 Å². The van der Waals surface area contributed by atoms with E-state index in [9.17, 15) is 0 Å². The van der Waals surface area contributed by atoms with Crippen LogP contribution < -0.4 is 4.90 Å². The van der Waals surface area contributed by atoms with E-state index in [-0.39, 0.29) is 0 Å². The molecule has 0 spiro atoms. The SMILES string of the molecule is c1ccc(-c2ccccc2-c2ccccc2-c2ccccc2N(c2ccc3c(c2)oc2ccccc23)c2ccccc2-c2ccccc2)cc1. The normalized spacial score (nSPS) is 11.2. The fourth-order valence-electron chi connectivity index (χ4n) is 7.23. The van der Waals surface area contributed by atoms with E-state index in [4.69, 9.17) is 4.42 Å². The van der Waals surface area contributed by atoms with Gasteiger partial charge in [0.15, 0.2) is 0 Å². The number of furan rings is 1. The summed E-state index contributed by atoms with van der Waals surface area (Å²) in [6.07, 6.45) is 0. The van der Waals surface area contributed by atoms with Crippen LogP contribution in [0.1, 0.15) is 0 Å². The number of nitrogens with zero attached hydrogens (tertiary/aromatic N) is 1. The van der Waals surface area contributed by atoms with Gasteiger partial charge in [0.05, 0.1) is 11.4 Å². The predicted molar refractivity (Wildman–Crippen MR) is 210 cm³/mol. The molecule has 1 heterocycles. The summed E-state index contributed by atoms with van der Waals surface area (Å²) in [5, 5.41) is 2.23. The molecule has 9 rings (SSSR count). The maximum absolute atomic E-state index is 6.45. The van der Waals surface area contributed by atoms with Gasteiger partial charge in [-0.3, -0.25) is 0 Å². The standard InChI is InChI=1S/C48H33NO/c1-3-17-34(18-4-1)37-21-7-8-23-39(37)40-24-9-10-25-41(40)42-26-12-15-29-46(42)49(45-28-14-11-22-38(45)35-19-5-2-6-20-35)36-31-32-44-43-27-13-16-30-47(43)50-48(44)33-36/h1-33H. The molecule has 0 unspecified atom stereocenters. The maximum Gasteiger partial charge on any atom is 0.137 e. The molecule has 0 amide bonds. The number of benzene rings is 8. The first kappa shape index (κ1) is 29.5. The van der Waals surface area contributed by atoms with Crippen molar-refractivity contribution in [3.05, 3.63) is 200 Å². The van der Waals surface area contributed by atoms with Crippen LogP contribution in [0.15, 0.2) is 205 Å². The van der Waals surface area contributed by atoms with Gasteiger partial charge in [0, 0.05) is 33.7 Å². The lowest BCUT2D eigenvalue weighted by Crippen LogP contribution is -2.12. The van der Waals surface area contributed by atoms with Crippen LogP contribution in [-0.2, 0) is 0 Å². The van der Waals surface area contributed by atoms with E-state index < -0.39 is 0 Å². The third-order valence-electron chi connectivity index (χ3n) is 9.51. The third kappa shape index (κ3) is 5.24. The first-order chi connectivity index (χ1) is 24.8. The van der Waals surface area contributed by atoms with E-state index >= 15 is 0 Å². The lowest BCUT2D eigenvalue weighted by Gasteiger charge is -2.30. The van der Waals surface area contributed by atoms with E-state index in [1.165, 1.54) is 27.8 Å². The highest BCUT2D eigenvalue weighted by Crippen LogP contribution is 2.48. The highest BCUT2D eigenvalue weighted by atomic mass is 16.3. The second-order valence-electron chi connectivity index (χ2n) is 12.5. The van der Waals surface area contributed by atoms with E-state index in [0.717, 1.165) is 55.7 Å². The molecule has 1 aromatic heterocycles. The molecule has 0 atom stereocenters. The Morgan fingerprint density at radius 1 is 0.300 bits per heavy atom. The van der Waals surface area contributed by atoms with Gasteiger partial charge in [0.2, 0.25) is 0 Å². The molecule has 236 valence electrons. The number of hydrogen-bond donors (Lipinski definition) is 0. The average Bonchev–Trinajstić information content (AvgIpc) is 3.57. The Hall–Kier alpha value is -6.64. The molecular formula is C48H33NO. The number of anilines is 3. The van der Waals surface area contributed by atoms with Gasteiger partial charge in [0.1, 0.15) is 11.2 Å². The van der Waals surface area contributed by atoms with Gasteiger partial charge in [-0.25, -0.2) is 0 Å². The van der Waals surface area contributed by atoms with Crippen molar-refractivity contribution in [2.45, 2.75) is 0 Å². The zero-order chi connectivity index (χ0) is 33.3. The van der Waals surface area contributed by atoms with E-state index in [1.807, 2.05) is 12.1 Å². The number of rotatable bonds is 7. The summed E-state index contributed by atoms with van der Waals surface area (Å²) in [4.78, 5) is 2.39. The minimum atomic E-state index is 0.862. The van der Waals surface area contributed by atoms with Gasteiger partial charge in [-0.15, -0.1) is 0 Å². The van der Waals surface area contributed by atoms with Crippen LogP contribution in [-0.4, -0.2) is 0 Å². The van der Waals surface area contributed by atoms with Crippen molar-refractivity contribution < 1.29 is 4.42 Å². The van der Waals surface area contributed by atoms with Crippen molar-refractivity contribution in [2.24, 2.45) is 0 Å². The van der Waals surface area contributed by atoms with E-state index in [2.05, 4.69) is 193 Å². The molecule has 0 bridgehead atoms. The van der Waals surface area contributed by atoms with Crippen LogP contribution in [0.4, 0.5) is 17.1 Å². The Balaban J connectivity index is 1.29. The van der Waals surface area contributed by atoms with Crippen LogP contribution in [0.2, 0.25) is 0 Å². The summed E-state index contributed by atoms with van der Waals surface area (Å²) < 4.78 is 6.45. The van der Waals surface area contributed by atoms with Gasteiger partial charge in [-0.2, -0.15) is 0 Å². The molecule has 0 aliphatic heterocycles. The molecule has 2 nitrogen and oxygen atoms in total. The summed E-state index contributed by atoms with van der Waals surface area (Å²) >= 11 is 0. The largest absolute Gasteiger partial charge is 0.456 e. The van der Waals surface area contributed by atoms with Gasteiger partial charge in [-0.05, 0) is 63.7 Å². The van der Waals surface area contributed by atoms with E-state index in [1.54, 1.807) is 0 Å². The monoisotopic (exact) mass is 639 g/mol. The Morgan fingerprint density at radius 2 is 0.740 bits per heavy atom. The fraction of sp³-hybridized carbons (Fsp3) is 0. The molecule has 0 aliphatic carbocycles. The molecule has 0 saturated carbocycles. The summed E-state index contributed by atoms with van der Waals surface area (Å²) in [5.74, 6) is 0. The quantitative estimate of drug-likeness (QED) is 0.173. The molecule has 0 fully saturated rings. The summed E-state index contributed by atoms with van der Waals surface area (Å²) in [5.41, 5.74) is 14.3. The molecule has 50 heavy (non-hydrogen) atoms. The Labute approximate surface area is 292 Å². The summed E-state index contributed by atoms with van der Waals surface area (Å²) in [6.45, 7) is 0. The first-order valence-electron chi connectivity index (χ1n) is 17.0. The maximum atomic E-state index is 6.45. The van der Waals surface area contributed by atoms with E-state index in [0.29, 0.717) is 0 Å². The van der Waals surface area contributed by atoms with Crippen LogP contribution in [0.25, 0.3) is 66.4 Å². The zero-order valence-corrected chi connectivity index (χ0v) is 27.4. The zero-order valence-electron chi connectivity index (χ0n) is 27.4. The van der Waals surface area contributed by atoms with Crippen LogP contribution in [0.5, 0.6) is 0 Å². The topological polar surface area (TPSA) is 16.4 Å². The lowest BCUT2D eigenvalue weighted by atomic mass is 9.88. The van der Waals surface area contributed by atoms with Gasteiger partial charge in [0.25, 0.3) is 0 Å². The average molecular weight is 640 g/mol.